The van der Waals surface area contributed by atoms with Crippen LogP contribution in [0.25, 0.3) is 0 Å². The molecule has 0 amide bonds. The summed E-state index contributed by atoms with van der Waals surface area (Å²) in [5, 5.41) is 0. The van der Waals surface area contributed by atoms with Crippen molar-refractivity contribution in [3.8, 4) is 0 Å². The molecule has 0 radical (unpaired) electrons. The second kappa shape index (κ2) is 8.20. The molecule has 2 aromatic carbocycles. The van der Waals surface area contributed by atoms with Gasteiger partial charge in [-0.1, -0.05) is 63.5 Å². The fourth-order valence-corrected chi connectivity index (χ4v) is 5.52. The number of rotatable bonds is 6. The molecule has 0 bridgehead atoms. The van der Waals surface area contributed by atoms with Gasteiger partial charge in [0.25, 0.3) is 0 Å². The van der Waals surface area contributed by atoms with Gasteiger partial charge >= 0.3 is 12.4 Å². The van der Waals surface area contributed by atoms with Crippen LogP contribution in [0.3, 0.4) is 0 Å². The molecule has 2 rings (SSSR count). The summed E-state index contributed by atoms with van der Waals surface area (Å²) in [6.07, 6.45) is -11.2. The molecule has 10 heteroatoms. The van der Waals surface area contributed by atoms with Gasteiger partial charge in [-0.3, -0.25) is 0 Å². The maximum absolute atomic E-state index is 14.2. The average Bonchev–Trinajstić information content (AvgIpc) is 2.53. The van der Waals surface area contributed by atoms with Gasteiger partial charge in [0, 0.05) is 11.4 Å². The summed E-state index contributed by atoms with van der Waals surface area (Å²) < 4.78 is 85.5. The van der Waals surface area contributed by atoms with Crippen LogP contribution in [0.5, 0.6) is 0 Å². The second-order valence-electron chi connectivity index (χ2n) is 9.65. The molecule has 2 nitrogen and oxygen atoms in total. The van der Waals surface area contributed by atoms with Gasteiger partial charge < -0.3 is 9.96 Å². The van der Waals surface area contributed by atoms with Gasteiger partial charge in [0.2, 0.25) is 5.41 Å². The highest BCUT2D eigenvalue weighted by Crippen LogP contribution is 2.56. The molecule has 0 saturated heterocycles. The van der Waals surface area contributed by atoms with E-state index in [1.807, 2.05) is 39.3 Å². The minimum atomic E-state index is -5.59. The van der Waals surface area contributed by atoms with Crippen LogP contribution in [-0.2, 0) is 5.41 Å². The Morgan fingerprint density at radius 3 is 0.968 bits per heavy atom. The smallest absolute Gasteiger partial charge is 0.411 e. The van der Waals surface area contributed by atoms with Crippen LogP contribution in [0.1, 0.15) is 11.1 Å². The Kier molecular flexibility index (Phi) is 6.69. The zero-order valence-electron chi connectivity index (χ0n) is 18.4. The van der Waals surface area contributed by atoms with Gasteiger partial charge in [0.1, 0.15) is 16.5 Å². The van der Waals surface area contributed by atoms with Crippen LogP contribution in [0.4, 0.5) is 37.7 Å². The zero-order valence-corrected chi connectivity index (χ0v) is 20.4. The highest BCUT2D eigenvalue weighted by molar-refractivity contribution is 6.79. The Morgan fingerprint density at radius 2 is 0.774 bits per heavy atom. The third-order valence-corrected chi connectivity index (χ3v) is 6.60. The first-order valence-corrected chi connectivity index (χ1v) is 16.8. The number of hydrogen-bond donors (Lipinski definition) is 2. The largest absolute Gasteiger partial charge is 0.411 e. The Hall–Kier alpha value is -1.95. The quantitative estimate of drug-likeness (QED) is 0.330. The van der Waals surface area contributed by atoms with Crippen molar-refractivity contribution in [2.24, 2.45) is 0 Å². The molecule has 0 fully saturated rings. The van der Waals surface area contributed by atoms with Crippen LogP contribution < -0.4 is 9.96 Å². The minimum Gasteiger partial charge on any atom is -0.411 e. The van der Waals surface area contributed by atoms with Crippen LogP contribution in [0.2, 0.25) is 39.3 Å². The molecule has 172 valence electrons. The van der Waals surface area contributed by atoms with Gasteiger partial charge in [-0.15, -0.1) is 0 Å². The number of benzene rings is 2. The molecule has 0 heterocycles. The summed E-state index contributed by atoms with van der Waals surface area (Å²) in [5.74, 6) is 0. The lowest BCUT2D eigenvalue weighted by atomic mass is 9.73. The second-order valence-corrected chi connectivity index (χ2v) is 19.2. The zero-order chi connectivity index (χ0) is 23.9. The highest BCUT2D eigenvalue weighted by Gasteiger charge is 2.72. The summed E-state index contributed by atoms with van der Waals surface area (Å²) in [7, 11) is -3.65. The number of halogens is 6. The van der Waals surface area contributed by atoms with E-state index in [9.17, 15) is 26.3 Å². The van der Waals surface area contributed by atoms with E-state index in [0.29, 0.717) is 11.4 Å². The minimum absolute atomic E-state index is 0.496. The first-order chi connectivity index (χ1) is 13.9. The SMILES string of the molecule is C[Si](C)(C)Nc1ccc(C(c2ccc(N[Si](C)(C)C)cc2)(C(F)(F)F)C(F)(F)F)cc1. The van der Waals surface area contributed by atoms with Crippen molar-refractivity contribution in [1.82, 2.24) is 0 Å². The molecule has 0 atom stereocenters. The van der Waals surface area contributed by atoms with Crippen LogP contribution >= 0.6 is 0 Å². The summed E-state index contributed by atoms with van der Waals surface area (Å²) in [6, 6.07) is 8.77. The Morgan fingerprint density at radius 1 is 0.516 bits per heavy atom. The topological polar surface area (TPSA) is 24.1 Å². The normalized spacial score (nSPS) is 13.8. The lowest BCUT2D eigenvalue weighted by Gasteiger charge is -2.38. The Balaban J connectivity index is 2.66. The molecule has 31 heavy (non-hydrogen) atoms. The predicted octanol–water partition coefficient (Wildman–Crippen LogP) is 7.59. The fourth-order valence-electron chi connectivity index (χ4n) is 3.46. The molecule has 0 aromatic heterocycles. The summed E-state index contributed by atoms with van der Waals surface area (Å²) in [5.41, 5.74) is -4.86. The lowest BCUT2D eigenvalue weighted by Crippen LogP contribution is -2.54. The van der Waals surface area contributed by atoms with Crippen molar-refractivity contribution in [1.29, 1.82) is 0 Å². The molecule has 0 aliphatic heterocycles. The van der Waals surface area contributed by atoms with Crippen molar-refractivity contribution in [3.05, 3.63) is 59.7 Å². The van der Waals surface area contributed by atoms with Gasteiger partial charge in [0.05, 0.1) is 0 Å². The average molecular weight is 479 g/mol. The summed E-state index contributed by atoms with van der Waals surface area (Å²) in [6.45, 7) is 11.9. The molecular weight excluding hydrogens is 450 g/mol. The van der Waals surface area contributed by atoms with E-state index >= 15 is 0 Å². The molecule has 0 aliphatic carbocycles. The van der Waals surface area contributed by atoms with Crippen molar-refractivity contribution < 1.29 is 26.3 Å². The van der Waals surface area contributed by atoms with E-state index in [-0.39, 0.29) is 0 Å². The molecule has 2 aromatic rings. The number of anilines is 2. The van der Waals surface area contributed by atoms with Crippen LogP contribution in [0, 0.1) is 0 Å². The number of hydrogen-bond acceptors (Lipinski definition) is 2. The van der Waals surface area contributed by atoms with E-state index in [2.05, 4.69) is 9.96 Å². The molecule has 0 aliphatic rings. The Labute approximate surface area is 181 Å². The van der Waals surface area contributed by atoms with Gasteiger partial charge in [-0.25, -0.2) is 0 Å². The highest BCUT2D eigenvalue weighted by atomic mass is 28.3. The molecule has 2 N–H and O–H groups in total. The third kappa shape index (κ3) is 5.65. The van der Waals surface area contributed by atoms with Gasteiger partial charge in [-0.2, -0.15) is 26.3 Å². The van der Waals surface area contributed by atoms with E-state index in [1.165, 1.54) is 24.3 Å². The summed E-state index contributed by atoms with van der Waals surface area (Å²) in [4.78, 5) is 6.36. The molecule has 0 saturated carbocycles. The maximum Gasteiger partial charge on any atom is 0.411 e. The third-order valence-electron chi connectivity index (χ3n) is 4.52. The molecular formula is C21H28F6N2Si2. The first-order valence-electron chi connectivity index (χ1n) is 9.78. The van der Waals surface area contributed by atoms with Gasteiger partial charge in [-0.05, 0) is 35.4 Å². The van der Waals surface area contributed by atoms with Crippen LogP contribution in [-0.4, -0.2) is 28.8 Å². The Bertz CT molecular complexity index is 802. The summed E-state index contributed by atoms with van der Waals surface area (Å²) >= 11 is 0. The van der Waals surface area contributed by atoms with E-state index < -0.39 is 45.4 Å². The standard InChI is InChI=1S/C21H28F6N2Si2/c1-30(2,3)28-17-11-7-15(8-12-17)19(20(22,23)24,21(25,26)27)16-9-13-18(14-10-16)29-31(4,5)6/h7-14,28-29H,1-6H3. The maximum atomic E-state index is 14.2. The van der Waals surface area contributed by atoms with E-state index in [4.69, 9.17) is 0 Å². The number of nitrogens with one attached hydrogen (secondary N) is 2. The molecule has 0 unspecified atom stereocenters. The monoisotopic (exact) mass is 478 g/mol. The van der Waals surface area contributed by atoms with Crippen molar-refractivity contribution in [2.45, 2.75) is 57.0 Å². The first kappa shape index (κ1) is 25.3. The lowest BCUT2D eigenvalue weighted by molar-refractivity contribution is -0.288. The van der Waals surface area contributed by atoms with Crippen LogP contribution in [0.15, 0.2) is 48.5 Å². The number of alkyl halides is 6. The van der Waals surface area contributed by atoms with Crippen molar-refractivity contribution in [2.75, 3.05) is 9.96 Å². The van der Waals surface area contributed by atoms with Crippen molar-refractivity contribution in [3.63, 3.8) is 0 Å². The van der Waals surface area contributed by atoms with Crippen molar-refractivity contribution >= 4 is 27.8 Å². The van der Waals surface area contributed by atoms with E-state index in [1.54, 1.807) is 0 Å². The van der Waals surface area contributed by atoms with Gasteiger partial charge in [0.15, 0.2) is 0 Å². The molecule has 0 spiro atoms. The predicted molar refractivity (Wildman–Crippen MR) is 120 cm³/mol. The van der Waals surface area contributed by atoms with E-state index in [0.717, 1.165) is 24.3 Å². The fraction of sp³-hybridized carbons (Fsp3) is 0.429.